The Hall–Kier alpha value is -1.68. The van der Waals surface area contributed by atoms with Gasteiger partial charge in [0, 0.05) is 12.5 Å². The fraction of sp³-hybridized carbons (Fsp3) is 0.286. The van der Waals surface area contributed by atoms with Crippen molar-refractivity contribution >= 4 is 11.6 Å². The van der Waals surface area contributed by atoms with Crippen LogP contribution in [0, 0.1) is 12.7 Å². The Bertz CT molecular complexity index is 590. The zero-order valence-electron chi connectivity index (χ0n) is 10.8. The minimum Gasteiger partial charge on any atom is -0.439 e. The number of rotatable bonds is 4. The summed E-state index contributed by atoms with van der Waals surface area (Å²) in [6, 6.07) is 5.87. The molecule has 5 heteroatoms. The van der Waals surface area contributed by atoms with Gasteiger partial charge >= 0.3 is 0 Å². The molecule has 3 nitrogen and oxygen atoms in total. The highest BCUT2D eigenvalue weighted by molar-refractivity contribution is 6.29. The fourth-order valence-electron chi connectivity index (χ4n) is 1.67. The monoisotopic (exact) mass is 280 g/mol. The predicted octanol–water partition coefficient (Wildman–Crippen LogP) is 4.32. The average Bonchev–Trinajstić information content (AvgIpc) is 2.32. The number of aryl methyl sites for hydroxylation is 2. The van der Waals surface area contributed by atoms with Crippen LogP contribution in [0.25, 0.3) is 0 Å². The third-order valence-electron chi connectivity index (χ3n) is 2.54. The molecular weight excluding hydrogens is 267 g/mol. The first-order chi connectivity index (χ1) is 9.08. The van der Waals surface area contributed by atoms with Crippen LogP contribution in [0.2, 0.25) is 5.15 Å². The van der Waals surface area contributed by atoms with Crippen LogP contribution in [0.1, 0.15) is 24.7 Å². The molecule has 0 radical (unpaired) electrons. The molecule has 0 aliphatic rings. The molecule has 0 unspecified atom stereocenters. The van der Waals surface area contributed by atoms with E-state index in [9.17, 15) is 4.39 Å². The summed E-state index contributed by atoms with van der Waals surface area (Å²) in [5, 5.41) is 0.341. The summed E-state index contributed by atoms with van der Waals surface area (Å²) >= 11 is 5.93. The van der Waals surface area contributed by atoms with Gasteiger partial charge < -0.3 is 4.74 Å². The number of aromatic nitrogens is 2. The molecule has 0 bridgehead atoms. The molecule has 1 aromatic carbocycles. The largest absolute Gasteiger partial charge is 0.439 e. The SMILES string of the molecule is CCCc1nc(Cl)cc(Oc2ccc(F)cc2C)n1. The molecular formula is C14H14ClFN2O. The smallest absolute Gasteiger partial charge is 0.224 e. The molecule has 1 heterocycles. The first-order valence-electron chi connectivity index (χ1n) is 6.06. The van der Waals surface area contributed by atoms with Crippen molar-refractivity contribution in [1.82, 2.24) is 9.97 Å². The van der Waals surface area contributed by atoms with Crippen LogP contribution in [0.4, 0.5) is 4.39 Å². The number of hydrogen-bond acceptors (Lipinski definition) is 3. The zero-order valence-corrected chi connectivity index (χ0v) is 11.5. The molecule has 19 heavy (non-hydrogen) atoms. The Morgan fingerprint density at radius 1 is 1.26 bits per heavy atom. The van der Waals surface area contributed by atoms with E-state index >= 15 is 0 Å². The molecule has 0 aliphatic heterocycles. The highest BCUT2D eigenvalue weighted by Gasteiger charge is 2.07. The first kappa shape index (κ1) is 13.7. The summed E-state index contributed by atoms with van der Waals surface area (Å²) in [6.45, 7) is 3.81. The summed E-state index contributed by atoms with van der Waals surface area (Å²) in [4.78, 5) is 8.39. The molecule has 0 saturated heterocycles. The van der Waals surface area contributed by atoms with Gasteiger partial charge in [-0.1, -0.05) is 18.5 Å². The molecule has 1 aromatic heterocycles. The van der Waals surface area contributed by atoms with E-state index in [0.717, 1.165) is 12.8 Å². The Balaban J connectivity index is 2.27. The summed E-state index contributed by atoms with van der Waals surface area (Å²) < 4.78 is 18.6. The third kappa shape index (κ3) is 3.64. The normalized spacial score (nSPS) is 10.5. The topological polar surface area (TPSA) is 35.0 Å². The van der Waals surface area contributed by atoms with Crippen molar-refractivity contribution in [1.29, 1.82) is 0 Å². The van der Waals surface area contributed by atoms with Gasteiger partial charge in [-0.05, 0) is 37.1 Å². The van der Waals surface area contributed by atoms with Gasteiger partial charge in [-0.15, -0.1) is 0 Å². The molecule has 0 aliphatic carbocycles. The van der Waals surface area contributed by atoms with Crippen molar-refractivity contribution < 1.29 is 9.13 Å². The minimum absolute atomic E-state index is 0.294. The van der Waals surface area contributed by atoms with Crippen molar-refractivity contribution in [3.63, 3.8) is 0 Å². The van der Waals surface area contributed by atoms with E-state index in [4.69, 9.17) is 16.3 Å². The quantitative estimate of drug-likeness (QED) is 0.782. The standard InChI is InChI=1S/C14H14ClFN2O/c1-3-4-13-17-12(15)8-14(18-13)19-11-6-5-10(16)7-9(11)2/h5-8H,3-4H2,1-2H3. The summed E-state index contributed by atoms with van der Waals surface area (Å²) in [5.41, 5.74) is 0.701. The number of hydrogen-bond donors (Lipinski definition) is 0. The van der Waals surface area contributed by atoms with E-state index in [-0.39, 0.29) is 5.82 Å². The number of nitrogens with zero attached hydrogens (tertiary/aromatic N) is 2. The third-order valence-corrected chi connectivity index (χ3v) is 2.74. The molecule has 0 fully saturated rings. The van der Waals surface area contributed by atoms with Crippen LogP contribution < -0.4 is 4.74 Å². The maximum atomic E-state index is 13.0. The number of halogens is 2. The Kier molecular flexibility index (Phi) is 4.32. The summed E-state index contributed by atoms with van der Waals surface area (Å²) in [7, 11) is 0. The van der Waals surface area contributed by atoms with Gasteiger partial charge in [0.05, 0.1) is 0 Å². The van der Waals surface area contributed by atoms with Gasteiger partial charge in [-0.2, -0.15) is 4.98 Å². The van der Waals surface area contributed by atoms with Crippen LogP contribution in [0.3, 0.4) is 0 Å². The molecule has 100 valence electrons. The fourth-order valence-corrected chi connectivity index (χ4v) is 1.86. The van der Waals surface area contributed by atoms with Crippen molar-refractivity contribution in [2.75, 3.05) is 0 Å². The van der Waals surface area contributed by atoms with Crippen LogP contribution in [-0.4, -0.2) is 9.97 Å². The minimum atomic E-state index is -0.294. The lowest BCUT2D eigenvalue weighted by Gasteiger charge is -2.09. The van der Waals surface area contributed by atoms with Gasteiger partial charge in [-0.25, -0.2) is 9.37 Å². The van der Waals surface area contributed by atoms with Crippen LogP contribution >= 0.6 is 11.6 Å². The maximum absolute atomic E-state index is 13.0. The Morgan fingerprint density at radius 2 is 2.05 bits per heavy atom. The Morgan fingerprint density at radius 3 is 2.74 bits per heavy atom. The van der Waals surface area contributed by atoms with E-state index in [2.05, 4.69) is 9.97 Å². The van der Waals surface area contributed by atoms with Gasteiger partial charge in [0.1, 0.15) is 22.5 Å². The Labute approximate surface area is 116 Å². The lowest BCUT2D eigenvalue weighted by atomic mass is 10.2. The van der Waals surface area contributed by atoms with Gasteiger partial charge in [-0.3, -0.25) is 0 Å². The van der Waals surface area contributed by atoms with Gasteiger partial charge in [0.15, 0.2) is 0 Å². The van der Waals surface area contributed by atoms with Crippen molar-refractivity contribution in [2.45, 2.75) is 26.7 Å². The zero-order chi connectivity index (χ0) is 13.8. The van der Waals surface area contributed by atoms with Gasteiger partial charge in [0.25, 0.3) is 0 Å². The van der Waals surface area contributed by atoms with Crippen molar-refractivity contribution in [3.05, 3.63) is 46.6 Å². The maximum Gasteiger partial charge on any atom is 0.224 e. The van der Waals surface area contributed by atoms with E-state index in [1.54, 1.807) is 19.1 Å². The molecule has 0 N–H and O–H groups in total. The van der Waals surface area contributed by atoms with Gasteiger partial charge in [0.2, 0.25) is 5.88 Å². The second-order valence-corrected chi connectivity index (χ2v) is 4.59. The lowest BCUT2D eigenvalue weighted by molar-refractivity contribution is 0.453. The second-order valence-electron chi connectivity index (χ2n) is 4.21. The molecule has 0 amide bonds. The highest BCUT2D eigenvalue weighted by atomic mass is 35.5. The molecule has 0 spiro atoms. The van der Waals surface area contributed by atoms with Crippen LogP contribution in [0.15, 0.2) is 24.3 Å². The van der Waals surface area contributed by atoms with Crippen molar-refractivity contribution in [3.8, 4) is 11.6 Å². The van der Waals surface area contributed by atoms with E-state index in [1.807, 2.05) is 6.92 Å². The predicted molar refractivity (Wildman–Crippen MR) is 72.2 cm³/mol. The summed E-state index contributed by atoms with van der Waals surface area (Å²) in [6.07, 6.45) is 1.66. The molecule has 0 saturated carbocycles. The lowest BCUT2D eigenvalue weighted by Crippen LogP contribution is -1.98. The number of ether oxygens (including phenoxy) is 1. The first-order valence-corrected chi connectivity index (χ1v) is 6.43. The second kappa shape index (κ2) is 5.97. The highest BCUT2D eigenvalue weighted by Crippen LogP contribution is 2.25. The molecule has 2 aromatic rings. The molecule has 0 atom stereocenters. The summed E-state index contributed by atoms with van der Waals surface area (Å²) in [5.74, 6) is 1.28. The number of benzene rings is 1. The van der Waals surface area contributed by atoms with Crippen LogP contribution in [0.5, 0.6) is 11.6 Å². The van der Waals surface area contributed by atoms with E-state index in [1.165, 1.54) is 12.1 Å². The van der Waals surface area contributed by atoms with E-state index < -0.39 is 0 Å². The van der Waals surface area contributed by atoms with Crippen molar-refractivity contribution in [2.24, 2.45) is 0 Å². The van der Waals surface area contributed by atoms with E-state index in [0.29, 0.717) is 28.2 Å². The average molecular weight is 281 g/mol. The van der Waals surface area contributed by atoms with Crippen LogP contribution in [-0.2, 0) is 6.42 Å². The molecule has 2 rings (SSSR count).